The molecule has 1 fully saturated rings. The van der Waals surface area contributed by atoms with Crippen molar-refractivity contribution >= 4 is 40.4 Å². The molecule has 1 heterocycles. The highest BCUT2D eigenvalue weighted by atomic mass is 127. The van der Waals surface area contributed by atoms with Crippen LogP contribution in [0.4, 0.5) is 0 Å². The minimum atomic E-state index is -0.509. The normalized spacial score (nSPS) is 15.4. The predicted molar refractivity (Wildman–Crippen MR) is 87.9 cm³/mol. The van der Waals surface area contributed by atoms with Crippen LogP contribution in [0.1, 0.15) is 23.2 Å². The molecule has 0 radical (unpaired) electrons. The van der Waals surface area contributed by atoms with Crippen molar-refractivity contribution in [3.05, 3.63) is 33.4 Å². The summed E-state index contributed by atoms with van der Waals surface area (Å²) in [7, 11) is 0. The summed E-state index contributed by atoms with van der Waals surface area (Å²) in [4.78, 5) is 36.6. The molecule has 0 aromatic heterocycles. The van der Waals surface area contributed by atoms with Crippen molar-refractivity contribution in [3.63, 3.8) is 0 Å². The van der Waals surface area contributed by atoms with Crippen LogP contribution in [-0.4, -0.2) is 42.4 Å². The molecule has 1 aliphatic rings. The highest BCUT2D eigenvalue weighted by molar-refractivity contribution is 14.1. The number of hydrogen-bond donors (Lipinski definition) is 1. The quantitative estimate of drug-likeness (QED) is 0.590. The third kappa shape index (κ3) is 4.19. The summed E-state index contributed by atoms with van der Waals surface area (Å²) in [6, 6.07) is 7.03. The van der Waals surface area contributed by atoms with Gasteiger partial charge in [0.05, 0.1) is 5.56 Å². The van der Waals surface area contributed by atoms with Crippen LogP contribution in [0.3, 0.4) is 0 Å². The lowest BCUT2D eigenvalue weighted by Crippen LogP contribution is -2.43. The van der Waals surface area contributed by atoms with Crippen LogP contribution >= 0.6 is 22.6 Å². The zero-order chi connectivity index (χ0) is 16.1. The van der Waals surface area contributed by atoms with Crippen LogP contribution < -0.4 is 5.73 Å². The Morgan fingerprint density at radius 1 is 1.23 bits per heavy atom. The Bertz CT molecular complexity index is 583. The molecule has 0 unspecified atom stereocenters. The molecular formula is C15H17IN2O4. The summed E-state index contributed by atoms with van der Waals surface area (Å²) in [5, 5.41) is 0. The molecule has 2 rings (SSSR count). The number of hydrogen-bond acceptors (Lipinski definition) is 4. The number of carbonyl (C=O) groups excluding carboxylic acids is 3. The van der Waals surface area contributed by atoms with Gasteiger partial charge in [0.25, 0.3) is 5.91 Å². The summed E-state index contributed by atoms with van der Waals surface area (Å²) in [5.41, 5.74) is 5.70. The maximum atomic E-state index is 12.0. The van der Waals surface area contributed by atoms with Crippen LogP contribution in [-0.2, 0) is 14.3 Å². The minimum Gasteiger partial charge on any atom is -0.452 e. The van der Waals surface area contributed by atoms with E-state index >= 15 is 0 Å². The number of rotatable bonds is 4. The van der Waals surface area contributed by atoms with E-state index in [1.54, 1.807) is 23.1 Å². The van der Waals surface area contributed by atoms with E-state index in [4.69, 9.17) is 10.5 Å². The Morgan fingerprint density at radius 2 is 1.86 bits per heavy atom. The first kappa shape index (κ1) is 16.7. The van der Waals surface area contributed by atoms with Gasteiger partial charge in [-0.05, 0) is 47.6 Å². The second-order valence-electron chi connectivity index (χ2n) is 5.11. The van der Waals surface area contributed by atoms with Crippen molar-refractivity contribution in [1.82, 2.24) is 4.90 Å². The van der Waals surface area contributed by atoms with Gasteiger partial charge in [-0.3, -0.25) is 9.59 Å². The van der Waals surface area contributed by atoms with E-state index in [0.29, 0.717) is 31.5 Å². The van der Waals surface area contributed by atoms with E-state index in [0.717, 1.165) is 3.57 Å². The van der Waals surface area contributed by atoms with Crippen molar-refractivity contribution < 1.29 is 19.1 Å². The van der Waals surface area contributed by atoms with Gasteiger partial charge in [0.2, 0.25) is 5.91 Å². The monoisotopic (exact) mass is 416 g/mol. The molecule has 0 atom stereocenters. The molecule has 0 spiro atoms. The van der Waals surface area contributed by atoms with Gasteiger partial charge in [0.1, 0.15) is 0 Å². The fourth-order valence-electron chi connectivity index (χ4n) is 2.34. The van der Waals surface area contributed by atoms with Gasteiger partial charge in [-0.15, -0.1) is 0 Å². The van der Waals surface area contributed by atoms with E-state index in [2.05, 4.69) is 0 Å². The third-order valence-corrected chi connectivity index (χ3v) is 4.61. The molecule has 0 saturated carbocycles. The summed E-state index contributed by atoms with van der Waals surface area (Å²) in [6.07, 6.45) is 1.12. The van der Waals surface area contributed by atoms with E-state index in [-0.39, 0.29) is 24.3 Å². The fourth-order valence-corrected chi connectivity index (χ4v) is 2.94. The predicted octanol–water partition coefficient (Wildman–Crippen LogP) is 1.17. The van der Waals surface area contributed by atoms with Gasteiger partial charge in [0, 0.05) is 22.6 Å². The number of nitrogens with two attached hydrogens (primary N) is 1. The molecule has 118 valence electrons. The summed E-state index contributed by atoms with van der Waals surface area (Å²) in [6.45, 7) is 0.644. The second-order valence-corrected chi connectivity index (χ2v) is 6.28. The van der Waals surface area contributed by atoms with Crippen LogP contribution in [0.25, 0.3) is 0 Å². The number of esters is 1. The van der Waals surface area contributed by atoms with E-state index in [1.807, 2.05) is 28.7 Å². The number of halogens is 1. The number of benzene rings is 1. The van der Waals surface area contributed by atoms with Crippen LogP contribution in [0.5, 0.6) is 0 Å². The average molecular weight is 416 g/mol. The van der Waals surface area contributed by atoms with Crippen molar-refractivity contribution in [3.8, 4) is 0 Å². The number of carbonyl (C=O) groups is 3. The molecule has 1 saturated heterocycles. The molecule has 6 nitrogen and oxygen atoms in total. The lowest BCUT2D eigenvalue weighted by molar-refractivity contribution is -0.137. The van der Waals surface area contributed by atoms with E-state index in [1.165, 1.54) is 0 Å². The molecule has 1 aromatic rings. The van der Waals surface area contributed by atoms with Crippen molar-refractivity contribution in [2.45, 2.75) is 12.8 Å². The van der Waals surface area contributed by atoms with Crippen LogP contribution in [0.2, 0.25) is 0 Å². The van der Waals surface area contributed by atoms with Crippen LogP contribution in [0.15, 0.2) is 24.3 Å². The first-order valence-corrected chi connectivity index (χ1v) is 8.05. The molecule has 1 aliphatic heterocycles. The zero-order valence-electron chi connectivity index (χ0n) is 12.0. The number of primary amides is 1. The largest absolute Gasteiger partial charge is 0.452 e. The SMILES string of the molecule is NC(=O)C1CCN(C(=O)COC(=O)c2ccccc2I)CC1. The Hall–Kier alpha value is -1.64. The molecule has 1 aromatic carbocycles. The second kappa shape index (κ2) is 7.57. The Kier molecular flexibility index (Phi) is 5.76. The van der Waals surface area contributed by atoms with E-state index in [9.17, 15) is 14.4 Å². The molecular weight excluding hydrogens is 399 g/mol. The fraction of sp³-hybridized carbons (Fsp3) is 0.400. The summed E-state index contributed by atoms with van der Waals surface area (Å²) >= 11 is 2.04. The molecule has 2 amide bonds. The maximum Gasteiger partial charge on any atom is 0.339 e. The topological polar surface area (TPSA) is 89.7 Å². The number of likely N-dealkylation sites (tertiary alicyclic amines) is 1. The van der Waals surface area contributed by atoms with Gasteiger partial charge >= 0.3 is 5.97 Å². The summed E-state index contributed by atoms with van der Waals surface area (Å²) < 4.78 is 5.85. The zero-order valence-corrected chi connectivity index (χ0v) is 14.1. The number of piperidine rings is 1. The first-order chi connectivity index (χ1) is 10.5. The van der Waals surface area contributed by atoms with E-state index < -0.39 is 5.97 Å². The molecule has 7 heteroatoms. The average Bonchev–Trinajstić information content (AvgIpc) is 2.52. The Morgan fingerprint density at radius 3 is 2.45 bits per heavy atom. The highest BCUT2D eigenvalue weighted by Crippen LogP contribution is 2.17. The first-order valence-electron chi connectivity index (χ1n) is 6.97. The molecule has 0 aliphatic carbocycles. The summed E-state index contributed by atoms with van der Waals surface area (Å²) in [5.74, 6) is -1.25. The number of nitrogens with zero attached hydrogens (tertiary/aromatic N) is 1. The van der Waals surface area contributed by atoms with Crippen molar-refractivity contribution in [2.24, 2.45) is 11.7 Å². The van der Waals surface area contributed by atoms with Gasteiger partial charge in [0.15, 0.2) is 6.61 Å². The lowest BCUT2D eigenvalue weighted by atomic mass is 9.96. The van der Waals surface area contributed by atoms with Crippen molar-refractivity contribution in [2.75, 3.05) is 19.7 Å². The maximum absolute atomic E-state index is 12.0. The lowest BCUT2D eigenvalue weighted by Gasteiger charge is -2.30. The highest BCUT2D eigenvalue weighted by Gasteiger charge is 2.26. The molecule has 0 bridgehead atoms. The number of ether oxygens (including phenoxy) is 1. The van der Waals surface area contributed by atoms with Gasteiger partial charge in [-0.2, -0.15) is 0 Å². The Balaban J connectivity index is 1.82. The van der Waals surface area contributed by atoms with Gasteiger partial charge < -0.3 is 15.4 Å². The number of amides is 2. The van der Waals surface area contributed by atoms with Crippen LogP contribution in [0, 0.1) is 9.49 Å². The van der Waals surface area contributed by atoms with Gasteiger partial charge in [-0.25, -0.2) is 4.79 Å². The Labute approximate surface area is 142 Å². The molecule has 22 heavy (non-hydrogen) atoms. The smallest absolute Gasteiger partial charge is 0.339 e. The third-order valence-electron chi connectivity index (χ3n) is 3.67. The van der Waals surface area contributed by atoms with Crippen molar-refractivity contribution in [1.29, 1.82) is 0 Å². The van der Waals surface area contributed by atoms with Gasteiger partial charge in [-0.1, -0.05) is 12.1 Å². The standard InChI is InChI=1S/C15H17IN2O4/c16-12-4-2-1-3-11(12)15(21)22-9-13(19)18-7-5-10(6-8-18)14(17)20/h1-4,10H,5-9H2,(H2,17,20). The molecule has 2 N–H and O–H groups in total. The minimum absolute atomic E-state index is 0.169.